The van der Waals surface area contributed by atoms with Gasteiger partial charge in [-0.25, -0.2) is 10.2 Å². The summed E-state index contributed by atoms with van der Waals surface area (Å²) < 4.78 is 0. The lowest BCUT2D eigenvalue weighted by molar-refractivity contribution is 0.0949. The summed E-state index contributed by atoms with van der Waals surface area (Å²) in [5.41, 5.74) is 3.11. The molecule has 19 heavy (non-hydrogen) atoms. The van der Waals surface area contributed by atoms with Gasteiger partial charge in [-0.15, -0.1) is 0 Å². The Labute approximate surface area is 108 Å². The van der Waals surface area contributed by atoms with Crippen LogP contribution < -0.4 is 11.1 Å². The quantitative estimate of drug-likeness (QED) is 0.607. The molecule has 0 atom stereocenters. The van der Waals surface area contributed by atoms with Gasteiger partial charge in [-0.1, -0.05) is 0 Å². The van der Waals surface area contributed by atoms with Crippen LogP contribution in [0.2, 0.25) is 0 Å². The fourth-order valence-corrected chi connectivity index (χ4v) is 1.37. The van der Waals surface area contributed by atoms with Gasteiger partial charge in [0.05, 0.1) is 6.21 Å². The molecule has 0 saturated carbocycles. The normalized spacial score (nSPS) is 10.6. The van der Waals surface area contributed by atoms with Crippen molar-refractivity contribution in [1.29, 1.82) is 0 Å². The van der Waals surface area contributed by atoms with Gasteiger partial charge >= 0.3 is 5.69 Å². The highest BCUT2D eigenvalue weighted by Crippen LogP contribution is 1.94. The topological polar surface area (TPSA) is 100 Å². The van der Waals surface area contributed by atoms with Crippen LogP contribution in [0, 0.1) is 6.92 Å². The molecule has 0 aromatic carbocycles. The number of aryl methyl sites for hydroxylation is 1. The molecule has 0 aliphatic heterocycles. The van der Waals surface area contributed by atoms with Crippen molar-refractivity contribution < 1.29 is 4.79 Å². The van der Waals surface area contributed by atoms with Gasteiger partial charge in [-0.2, -0.15) is 10.1 Å². The van der Waals surface area contributed by atoms with Gasteiger partial charge in [0.1, 0.15) is 5.69 Å². The maximum atomic E-state index is 11.7. The van der Waals surface area contributed by atoms with Crippen molar-refractivity contribution in [2.45, 2.75) is 6.92 Å². The first-order valence-electron chi connectivity index (χ1n) is 5.46. The third-order valence-electron chi connectivity index (χ3n) is 2.20. The SMILES string of the molecule is Cc1cc(C(=O)N/N=C/c2ccncc2)nc(=O)[nH]1. The third kappa shape index (κ3) is 3.56. The van der Waals surface area contributed by atoms with E-state index in [0.717, 1.165) is 5.56 Å². The molecule has 7 heteroatoms. The number of aromatic amines is 1. The molecule has 96 valence electrons. The zero-order valence-electron chi connectivity index (χ0n) is 10.1. The number of aromatic nitrogens is 3. The molecule has 7 nitrogen and oxygen atoms in total. The average Bonchev–Trinajstić information content (AvgIpc) is 2.38. The van der Waals surface area contributed by atoms with Crippen LogP contribution >= 0.6 is 0 Å². The Hall–Kier alpha value is -2.83. The molecule has 0 unspecified atom stereocenters. The minimum absolute atomic E-state index is 0.0214. The number of nitrogens with one attached hydrogen (secondary N) is 2. The predicted octanol–water partition coefficient (Wildman–Crippen LogP) is 0.237. The zero-order chi connectivity index (χ0) is 13.7. The molecule has 0 saturated heterocycles. The lowest BCUT2D eigenvalue weighted by Gasteiger charge is -1.99. The van der Waals surface area contributed by atoms with Crippen LogP contribution in [0.25, 0.3) is 0 Å². The summed E-state index contributed by atoms with van der Waals surface area (Å²) in [4.78, 5) is 32.7. The van der Waals surface area contributed by atoms with E-state index in [1.54, 1.807) is 31.5 Å². The molecular weight excluding hydrogens is 246 g/mol. The van der Waals surface area contributed by atoms with Gasteiger partial charge in [0.15, 0.2) is 0 Å². The molecule has 0 spiro atoms. The Morgan fingerprint density at radius 1 is 1.42 bits per heavy atom. The second-order valence-electron chi connectivity index (χ2n) is 3.73. The summed E-state index contributed by atoms with van der Waals surface area (Å²) in [6.07, 6.45) is 4.70. The smallest absolute Gasteiger partial charge is 0.310 e. The summed E-state index contributed by atoms with van der Waals surface area (Å²) in [5.74, 6) is -0.542. The third-order valence-corrected chi connectivity index (χ3v) is 2.20. The minimum atomic E-state index is -0.566. The molecule has 2 heterocycles. The molecule has 0 radical (unpaired) electrons. The highest BCUT2D eigenvalue weighted by molar-refractivity contribution is 5.93. The van der Waals surface area contributed by atoms with E-state index < -0.39 is 11.6 Å². The number of hydrogen-bond acceptors (Lipinski definition) is 5. The van der Waals surface area contributed by atoms with E-state index in [1.165, 1.54) is 12.3 Å². The number of amides is 1. The summed E-state index contributed by atoms with van der Waals surface area (Å²) in [5, 5.41) is 3.77. The first kappa shape index (κ1) is 12.6. The lowest BCUT2D eigenvalue weighted by atomic mass is 10.3. The lowest BCUT2D eigenvalue weighted by Crippen LogP contribution is -2.24. The highest BCUT2D eigenvalue weighted by atomic mass is 16.2. The fraction of sp³-hybridized carbons (Fsp3) is 0.0833. The first-order valence-corrected chi connectivity index (χ1v) is 5.46. The maximum Gasteiger partial charge on any atom is 0.345 e. The van der Waals surface area contributed by atoms with Gasteiger partial charge in [0, 0.05) is 18.1 Å². The van der Waals surface area contributed by atoms with Gasteiger partial charge in [-0.05, 0) is 30.7 Å². The van der Waals surface area contributed by atoms with E-state index in [4.69, 9.17) is 0 Å². The summed E-state index contributed by atoms with van der Waals surface area (Å²) in [7, 11) is 0. The Kier molecular flexibility index (Phi) is 3.77. The van der Waals surface area contributed by atoms with Gasteiger partial charge in [-0.3, -0.25) is 9.78 Å². The van der Waals surface area contributed by atoms with E-state index in [9.17, 15) is 9.59 Å². The molecule has 2 aromatic heterocycles. The number of rotatable bonds is 3. The van der Waals surface area contributed by atoms with Crippen molar-refractivity contribution in [3.63, 3.8) is 0 Å². The second-order valence-corrected chi connectivity index (χ2v) is 3.73. The molecule has 2 N–H and O–H groups in total. The van der Waals surface area contributed by atoms with Crippen molar-refractivity contribution in [1.82, 2.24) is 20.4 Å². The van der Waals surface area contributed by atoms with Crippen LogP contribution in [0.1, 0.15) is 21.7 Å². The monoisotopic (exact) mass is 257 g/mol. The Bertz CT molecular complexity index is 663. The van der Waals surface area contributed by atoms with E-state index in [2.05, 4.69) is 25.5 Å². The standard InChI is InChI=1S/C12H11N5O2/c1-8-6-10(16-12(19)15-8)11(18)17-14-7-9-2-4-13-5-3-9/h2-7H,1H3,(H,17,18)(H,15,16,19)/b14-7+. The van der Waals surface area contributed by atoms with Gasteiger partial charge < -0.3 is 4.98 Å². The van der Waals surface area contributed by atoms with Crippen molar-refractivity contribution in [2.75, 3.05) is 0 Å². The molecule has 1 amide bonds. The van der Waals surface area contributed by atoms with Crippen LogP contribution in [-0.4, -0.2) is 27.1 Å². The molecule has 2 aromatic rings. The van der Waals surface area contributed by atoms with Gasteiger partial charge in [0.2, 0.25) is 0 Å². The largest absolute Gasteiger partial charge is 0.345 e. The molecule has 0 fully saturated rings. The van der Waals surface area contributed by atoms with Crippen LogP contribution in [-0.2, 0) is 0 Å². The Morgan fingerprint density at radius 2 is 2.16 bits per heavy atom. The molecule has 0 bridgehead atoms. The minimum Gasteiger partial charge on any atom is -0.310 e. The van der Waals surface area contributed by atoms with Crippen LogP contribution in [0.3, 0.4) is 0 Å². The average molecular weight is 257 g/mol. The van der Waals surface area contributed by atoms with Crippen molar-refractivity contribution in [2.24, 2.45) is 5.10 Å². The number of nitrogens with zero attached hydrogens (tertiary/aromatic N) is 3. The van der Waals surface area contributed by atoms with E-state index in [-0.39, 0.29) is 5.69 Å². The number of H-pyrrole nitrogens is 1. The van der Waals surface area contributed by atoms with Crippen LogP contribution in [0.4, 0.5) is 0 Å². The number of pyridine rings is 1. The van der Waals surface area contributed by atoms with E-state index >= 15 is 0 Å². The summed E-state index contributed by atoms with van der Waals surface area (Å²) >= 11 is 0. The number of hydrazone groups is 1. The number of carbonyl (C=O) groups is 1. The van der Waals surface area contributed by atoms with Crippen LogP contribution in [0.5, 0.6) is 0 Å². The Balaban J connectivity index is 2.06. The van der Waals surface area contributed by atoms with Gasteiger partial charge in [0.25, 0.3) is 5.91 Å². The van der Waals surface area contributed by atoms with Crippen molar-refractivity contribution >= 4 is 12.1 Å². The Morgan fingerprint density at radius 3 is 2.84 bits per heavy atom. The molecule has 2 rings (SSSR count). The summed E-state index contributed by atoms with van der Waals surface area (Å²) in [6, 6.07) is 4.95. The van der Waals surface area contributed by atoms with E-state index in [0.29, 0.717) is 5.69 Å². The fourth-order valence-electron chi connectivity index (χ4n) is 1.37. The first-order chi connectivity index (χ1) is 9.15. The predicted molar refractivity (Wildman–Crippen MR) is 68.9 cm³/mol. The van der Waals surface area contributed by atoms with Crippen molar-refractivity contribution in [3.05, 3.63) is 58.0 Å². The zero-order valence-corrected chi connectivity index (χ0v) is 10.1. The number of hydrogen-bond donors (Lipinski definition) is 2. The summed E-state index contributed by atoms with van der Waals surface area (Å²) in [6.45, 7) is 1.67. The molecule has 0 aliphatic carbocycles. The van der Waals surface area contributed by atoms with Crippen LogP contribution in [0.15, 0.2) is 40.5 Å². The molecule has 0 aliphatic rings. The second kappa shape index (κ2) is 5.67. The highest BCUT2D eigenvalue weighted by Gasteiger charge is 2.07. The maximum absolute atomic E-state index is 11.7. The molecular formula is C12H11N5O2. The number of carbonyl (C=O) groups excluding carboxylic acids is 1. The van der Waals surface area contributed by atoms with E-state index in [1.807, 2.05) is 0 Å². The van der Waals surface area contributed by atoms with Crippen molar-refractivity contribution in [3.8, 4) is 0 Å².